The van der Waals surface area contributed by atoms with Gasteiger partial charge < -0.3 is 10.6 Å². The van der Waals surface area contributed by atoms with Gasteiger partial charge in [0.25, 0.3) is 0 Å². The van der Waals surface area contributed by atoms with Crippen LogP contribution in [-0.4, -0.2) is 30.6 Å². The second-order valence-corrected chi connectivity index (χ2v) is 2.91. The molecule has 54 valence electrons. The first-order valence-electron chi connectivity index (χ1n) is 3.71. The summed E-state index contributed by atoms with van der Waals surface area (Å²) in [6.45, 7) is 3.38. The van der Waals surface area contributed by atoms with Gasteiger partial charge in [-0.25, -0.2) is 0 Å². The number of hydrogen-bond donors (Lipinski definition) is 1. The molecule has 1 aliphatic heterocycles. The molecule has 1 rings (SSSR count). The van der Waals surface area contributed by atoms with Gasteiger partial charge >= 0.3 is 0 Å². The molecule has 2 atom stereocenters. The minimum absolute atomic E-state index is 0.406. The van der Waals surface area contributed by atoms with Crippen LogP contribution in [0, 0.1) is 0 Å². The molecule has 0 aromatic carbocycles. The van der Waals surface area contributed by atoms with Crippen molar-refractivity contribution in [2.24, 2.45) is 5.73 Å². The van der Waals surface area contributed by atoms with Gasteiger partial charge in [0.2, 0.25) is 0 Å². The van der Waals surface area contributed by atoms with Crippen LogP contribution in [0.5, 0.6) is 0 Å². The average molecular weight is 128 g/mol. The summed E-state index contributed by atoms with van der Waals surface area (Å²) in [5, 5.41) is 0. The molecule has 0 saturated carbocycles. The highest BCUT2D eigenvalue weighted by Crippen LogP contribution is 2.17. The fraction of sp³-hybridized carbons (Fsp3) is 1.00. The summed E-state index contributed by atoms with van der Waals surface area (Å²) in [7, 11) is 2.14. The summed E-state index contributed by atoms with van der Waals surface area (Å²) in [5.41, 5.74) is 5.83. The summed E-state index contributed by atoms with van der Waals surface area (Å²) >= 11 is 0. The van der Waals surface area contributed by atoms with Crippen LogP contribution < -0.4 is 5.73 Å². The third-order valence-corrected chi connectivity index (χ3v) is 2.31. The van der Waals surface area contributed by atoms with Gasteiger partial charge in [-0.15, -0.1) is 0 Å². The van der Waals surface area contributed by atoms with Gasteiger partial charge in [0, 0.05) is 12.1 Å². The van der Waals surface area contributed by atoms with Gasteiger partial charge in [-0.05, 0) is 26.4 Å². The summed E-state index contributed by atoms with van der Waals surface area (Å²) in [5.74, 6) is 0. The van der Waals surface area contributed by atoms with Crippen molar-refractivity contribution in [1.29, 1.82) is 0 Å². The highest BCUT2D eigenvalue weighted by Gasteiger charge is 2.28. The largest absolute Gasteiger partial charge is 0.326 e. The minimum atomic E-state index is 0.406. The first kappa shape index (κ1) is 7.03. The molecule has 1 aliphatic rings. The SMILES string of the molecule is CCC(N)C1CCN1C. The fourth-order valence-electron chi connectivity index (χ4n) is 1.35. The van der Waals surface area contributed by atoms with Gasteiger partial charge in [0.1, 0.15) is 0 Å². The van der Waals surface area contributed by atoms with E-state index in [1.54, 1.807) is 0 Å². The molecule has 0 spiro atoms. The van der Waals surface area contributed by atoms with Crippen molar-refractivity contribution in [3.63, 3.8) is 0 Å². The molecule has 2 nitrogen and oxygen atoms in total. The molecular formula is C7H16N2. The molecule has 1 heterocycles. The van der Waals surface area contributed by atoms with Crippen LogP contribution in [0.4, 0.5) is 0 Å². The number of likely N-dealkylation sites (tertiary alicyclic amines) is 1. The standard InChI is InChI=1S/C7H16N2/c1-3-6(8)7-4-5-9(7)2/h6-7H,3-5,8H2,1-2H3. The Hall–Kier alpha value is -0.0800. The minimum Gasteiger partial charge on any atom is -0.326 e. The van der Waals surface area contributed by atoms with E-state index in [0.29, 0.717) is 12.1 Å². The molecule has 0 bridgehead atoms. The van der Waals surface area contributed by atoms with Gasteiger partial charge in [-0.1, -0.05) is 6.92 Å². The molecule has 2 heteroatoms. The van der Waals surface area contributed by atoms with Crippen LogP contribution in [0.2, 0.25) is 0 Å². The quantitative estimate of drug-likeness (QED) is 0.584. The van der Waals surface area contributed by atoms with E-state index in [1.165, 1.54) is 13.0 Å². The van der Waals surface area contributed by atoms with Gasteiger partial charge in [-0.2, -0.15) is 0 Å². The number of nitrogens with zero attached hydrogens (tertiary/aromatic N) is 1. The van der Waals surface area contributed by atoms with Crippen LogP contribution in [0.25, 0.3) is 0 Å². The summed E-state index contributed by atoms with van der Waals surface area (Å²) in [6.07, 6.45) is 2.40. The van der Waals surface area contributed by atoms with E-state index in [0.717, 1.165) is 6.42 Å². The highest BCUT2D eigenvalue weighted by molar-refractivity contribution is 4.87. The molecule has 0 amide bonds. The van der Waals surface area contributed by atoms with Crippen molar-refractivity contribution < 1.29 is 0 Å². The fourth-order valence-corrected chi connectivity index (χ4v) is 1.35. The molecule has 9 heavy (non-hydrogen) atoms. The number of hydrogen-bond acceptors (Lipinski definition) is 2. The number of nitrogens with two attached hydrogens (primary N) is 1. The molecule has 2 unspecified atom stereocenters. The lowest BCUT2D eigenvalue weighted by Crippen LogP contribution is -2.54. The Bertz CT molecular complexity index is 92.9. The molecule has 0 aliphatic carbocycles. The van der Waals surface area contributed by atoms with E-state index in [2.05, 4.69) is 18.9 Å². The molecule has 1 saturated heterocycles. The van der Waals surface area contributed by atoms with Crippen LogP contribution in [-0.2, 0) is 0 Å². The predicted octanol–water partition coefficient (Wildman–Crippen LogP) is 0.428. The first-order chi connectivity index (χ1) is 4.25. The summed E-state index contributed by atoms with van der Waals surface area (Å²) in [4.78, 5) is 2.33. The third kappa shape index (κ3) is 1.25. The van der Waals surface area contributed by atoms with Gasteiger partial charge in [0.05, 0.1) is 0 Å². The van der Waals surface area contributed by atoms with E-state index in [1.807, 2.05) is 0 Å². The predicted molar refractivity (Wildman–Crippen MR) is 39.3 cm³/mol. The Balaban J connectivity index is 2.25. The summed E-state index contributed by atoms with van der Waals surface area (Å²) in [6, 6.07) is 1.08. The Morgan fingerprint density at radius 3 is 2.56 bits per heavy atom. The van der Waals surface area contributed by atoms with E-state index in [-0.39, 0.29) is 0 Å². The Morgan fingerprint density at radius 1 is 1.78 bits per heavy atom. The van der Waals surface area contributed by atoms with Crippen LogP contribution in [0.3, 0.4) is 0 Å². The molecule has 0 aromatic rings. The Labute approximate surface area is 57.0 Å². The molecule has 0 aromatic heterocycles. The normalized spacial score (nSPS) is 31.7. The molecule has 0 radical (unpaired) electrons. The van der Waals surface area contributed by atoms with Crippen molar-refractivity contribution in [3.05, 3.63) is 0 Å². The first-order valence-corrected chi connectivity index (χ1v) is 3.71. The van der Waals surface area contributed by atoms with Crippen molar-refractivity contribution in [3.8, 4) is 0 Å². The van der Waals surface area contributed by atoms with E-state index >= 15 is 0 Å². The number of likely N-dealkylation sites (N-methyl/N-ethyl adjacent to an activating group) is 1. The van der Waals surface area contributed by atoms with Crippen molar-refractivity contribution >= 4 is 0 Å². The van der Waals surface area contributed by atoms with Gasteiger partial charge in [0.15, 0.2) is 0 Å². The smallest absolute Gasteiger partial charge is 0.0256 e. The number of rotatable bonds is 2. The van der Waals surface area contributed by atoms with E-state index in [4.69, 9.17) is 5.73 Å². The lowest BCUT2D eigenvalue weighted by Gasteiger charge is -2.41. The lowest BCUT2D eigenvalue weighted by molar-refractivity contribution is 0.101. The highest BCUT2D eigenvalue weighted by atomic mass is 15.2. The van der Waals surface area contributed by atoms with Crippen LogP contribution in [0.1, 0.15) is 19.8 Å². The van der Waals surface area contributed by atoms with Crippen LogP contribution in [0.15, 0.2) is 0 Å². The van der Waals surface area contributed by atoms with Crippen molar-refractivity contribution in [2.75, 3.05) is 13.6 Å². The van der Waals surface area contributed by atoms with E-state index < -0.39 is 0 Å². The zero-order valence-electron chi connectivity index (χ0n) is 6.30. The monoisotopic (exact) mass is 128 g/mol. The maximum atomic E-state index is 5.83. The topological polar surface area (TPSA) is 29.3 Å². The van der Waals surface area contributed by atoms with Crippen molar-refractivity contribution in [1.82, 2.24) is 4.90 Å². The summed E-state index contributed by atoms with van der Waals surface area (Å²) < 4.78 is 0. The van der Waals surface area contributed by atoms with Crippen LogP contribution >= 0.6 is 0 Å². The zero-order chi connectivity index (χ0) is 6.85. The Morgan fingerprint density at radius 2 is 2.44 bits per heavy atom. The van der Waals surface area contributed by atoms with Crippen molar-refractivity contribution in [2.45, 2.75) is 31.8 Å². The zero-order valence-corrected chi connectivity index (χ0v) is 6.30. The maximum absolute atomic E-state index is 5.83. The second kappa shape index (κ2) is 2.67. The lowest BCUT2D eigenvalue weighted by atomic mass is 9.95. The molecule has 2 N–H and O–H groups in total. The molecule has 1 fully saturated rings. The second-order valence-electron chi connectivity index (χ2n) is 2.91. The average Bonchev–Trinajstić information content (AvgIpc) is 1.84. The molecular weight excluding hydrogens is 112 g/mol. The Kier molecular flexibility index (Phi) is 2.09. The van der Waals surface area contributed by atoms with Gasteiger partial charge in [-0.3, -0.25) is 0 Å². The third-order valence-electron chi connectivity index (χ3n) is 2.31. The van der Waals surface area contributed by atoms with E-state index in [9.17, 15) is 0 Å². The maximum Gasteiger partial charge on any atom is 0.0256 e.